The van der Waals surface area contributed by atoms with Crippen LogP contribution in [0.15, 0.2) is 0 Å². The van der Waals surface area contributed by atoms with E-state index in [1.165, 1.54) is 0 Å². The van der Waals surface area contributed by atoms with Crippen molar-refractivity contribution < 1.29 is 10.2 Å². The molecule has 0 aliphatic rings. The van der Waals surface area contributed by atoms with Gasteiger partial charge >= 0.3 is 0 Å². The van der Waals surface area contributed by atoms with E-state index in [1.807, 2.05) is 13.8 Å². The molecule has 0 amide bonds. The Hall–Kier alpha value is 0.230. The van der Waals surface area contributed by atoms with Crippen molar-refractivity contribution >= 4 is 11.8 Å². The third-order valence-corrected chi connectivity index (χ3v) is 2.16. The fourth-order valence-electron chi connectivity index (χ4n) is 1.06. The van der Waals surface area contributed by atoms with Gasteiger partial charge in [0.1, 0.15) is 0 Å². The first-order valence-electron chi connectivity index (χ1n) is 5.28. The maximum atomic E-state index is 8.76. The maximum absolute atomic E-state index is 8.76. The van der Waals surface area contributed by atoms with Crippen LogP contribution in [0.1, 0.15) is 27.2 Å². The molecule has 0 rings (SSSR count). The Bertz CT molecular complexity index is 102. The maximum Gasteiger partial charge on any atom is 0.164 e. The number of aliphatic hydroxyl groups excluding tert-OH is 1. The summed E-state index contributed by atoms with van der Waals surface area (Å²) in [7, 11) is 0. The van der Waals surface area contributed by atoms with Crippen LogP contribution >= 0.6 is 11.8 Å². The number of aliphatic hydroxyl groups is 2. The second-order valence-electron chi connectivity index (χ2n) is 2.77. The first kappa shape index (κ1) is 16.7. The minimum Gasteiger partial charge on any atom is -0.367 e. The smallest absolute Gasteiger partial charge is 0.164 e. The zero-order valence-corrected chi connectivity index (χ0v) is 10.7. The Kier molecular flexibility index (Phi) is 15.7. The highest BCUT2D eigenvalue weighted by Crippen LogP contribution is 1.98. The van der Waals surface area contributed by atoms with Gasteiger partial charge in [-0.2, -0.15) is 11.8 Å². The van der Waals surface area contributed by atoms with Crippen molar-refractivity contribution in [1.29, 1.82) is 0 Å². The molecule has 88 valence electrons. The first-order chi connectivity index (χ1) is 6.70. The third-order valence-electron chi connectivity index (χ3n) is 1.57. The van der Waals surface area contributed by atoms with Crippen LogP contribution in [-0.4, -0.2) is 53.0 Å². The minimum atomic E-state index is -1.20. The van der Waals surface area contributed by atoms with E-state index in [4.69, 9.17) is 10.2 Å². The van der Waals surface area contributed by atoms with E-state index in [2.05, 4.69) is 18.1 Å². The molecule has 0 aliphatic carbocycles. The lowest BCUT2D eigenvalue weighted by molar-refractivity contribution is -0.0602. The molecule has 0 spiro atoms. The Balaban J connectivity index is 0. The van der Waals surface area contributed by atoms with Crippen LogP contribution in [0, 0.1) is 0 Å². The summed E-state index contributed by atoms with van der Waals surface area (Å²) in [6.07, 6.45) is 1.92. The van der Waals surface area contributed by atoms with Gasteiger partial charge in [-0.25, -0.2) is 0 Å². The molecule has 0 bridgehead atoms. The third kappa shape index (κ3) is 12.2. The lowest BCUT2D eigenvalue weighted by Crippen LogP contribution is -2.34. The lowest BCUT2D eigenvalue weighted by atomic mass is 10.4. The fraction of sp³-hybridized carbons (Fsp3) is 1.00. The van der Waals surface area contributed by atoms with Crippen LogP contribution < -0.4 is 0 Å². The largest absolute Gasteiger partial charge is 0.367 e. The SMILES string of the molecule is CC.CCCN(CCSC)CC(O)O. The highest BCUT2D eigenvalue weighted by Gasteiger charge is 2.06. The molecule has 3 nitrogen and oxygen atoms in total. The summed E-state index contributed by atoms with van der Waals surface area (Å²) in [5.41, 5.74) is 0. The van der Waals surface area contributed by atoms with Crippen LogP contribution in [0.5, 0.6) is 0 Å². The van der Waals surface area contributed by atoms with Gasteiger partial charge in [-0.15, -0.1) is 0 Å². The molecule has 4 heteroatoms. The molecule has 0 aromatic rings. The molecule has 0 unspecified atom stereocenters. The van der Waals surface area contributed by atoms with Crippen LogP contribution in [0.4, 0.5) is 0 Å². The molecule has 0 saturated carbocycles. The molecular formula is C10H25NO2S. The van der Waals surface area contributed by atoms with Crippen molar-refractivity contribution in [1.82, 2.24) is 4.90 Å². The van der Waals surface area contributed by atoms with E-state index in [0.29, 0.717) is 6.54 Å². The molecule has 0 saturated heterocycles. The predicted octanol–water partition coefficient (Wildman–Crippen LogP) is 1.40. The Morgan fingerprint density at radius 3 is 2.14 bits per heavy atom. The standard InChI is InChI=1S/C8H19NO2S.C2H6/c1-3-4-9(5-6-12-2)7-8(10)11;1-2/h8,10-11H,3-7H2,1-2H3;1-2H3. The van der Waals surface area contributed by atoms with Gasteiger partial charge in [-0.1, -0.05) is 20.8 Å². The number of hydrogen-bond acceptors (Lipinski definition) is 4. The van der Waals surface area contributed by atoms with Crippen molar-refractivity contribution in [3.63, 3.8) is 0 Å². The van der Waals surface area contributed by atoms with Crippen LogP contribution in [0.3, 0.4) is 0 Å². The van der Waals surface area contributed by atoms with Crippen LogP contribution in [0.2, 0.25) is 0 Å². The topological polar surface area (TPSA) is 43.7 Å². The van der Waals surface area contributed by atoms with Gasteiger partial charge in [0.2, 0.25) is 0 Å². The zero-order chi connectivity index (χ0) is 11.4. The number of thioether (sulfide) groups is 1. The average molecular weight is 223 g/mol. The molecule has 2 N–H and O–H groups in total. The van der Waals surface area contributed by atoms with Crippen molar-refractivity contribution in [2.75, 3.05) is 31.6 Å². The molecule has 14 heavy (non-hydrogen) atoms. The Morgan fingerprint density at radius 1 is 1.21 bits per heavy atom. The fourth-order valence-corrected chi connectivity index (χ4v) is 1.50. The quantitative estimate of drug-likeness (QED) is 0.640. The lowest BCUT2D eigenvalue weighted by Gasteiger charge is -2.21. The second kappa shape index (κ2) is 13.2. The summed E-state index contributed by atoms with van der Waals surface area (Å²) < 4.78 is 0. The Labute approximate surface area is 92.5 Å². The zero-order valence-electron chi connectivity index (χ0n) is 9.86. The summed E-state index contributed by atoms with van der Waals surface area (Å²) in [6, 6.07) is 0. The molecule has 0 aromatic carbocycles. The van der Waals surface area contributed by atoms with Gasteiger partial charge in [-0.05, 0) is 19.2 Å². The summed E-state index contributed by atoms with van der Waals surface area (Å²) >= 11 is 1.78. The number of hydrogen-bond donors (Lipinski definition) is 2. The predicted molar refractivity (Wildman–Crippen MR) is 64.7 cm³/mol. The van der Waals surface area contributed by atoms with Gasteiger partial charge in [0.15, 0.2) is 6.29 Å². The molecule has 0 fully saturated rings. The summed E-state index contributed by atoms with van der Waals surface area (Å²) in [5.74, 6) is 1.05. The van der Waals surface area contributed by atoms with E-state index in [0.717, 1.165) is 25.3 Å². The van der Waals surface area contributed by atoms with E-state index in [-0.39, 0.29) is 0 Å². The van der Waals surface area contributed by atoms with Gasteiger partial charge in [0.05, 0.1) is 0 Å². The van der Waals surface area contributed by atoms with E-state index in [1.54, 1.807) is 11.8 Å². The Morgan fingerprint density at radius 2 is 1.79 bits per heavy atom. The van der Waals surface area contributed by atoms with Crippen molar-refractivity contribution in [3.05, 3.63) is 0 Å². The van der Waals surface area contributed by atoms with Crippen molar-refractivity contribution in [2.24, 2.45) is 0 Å². The van der Waals surface area contributed by atoms with Gasteiger partial charge in [0, 0.05) is 18.8 Å². The molecule has 0 heterocycles. The highest BCUT2D eigenvalue weighted by molar-refractivity contribution is 7.98. The van der Waals surface area contributed by atoms with Crippen molar-refractivity contribution in [2.45, 2.75) is 33.5 Å². The number of rotatable bonds is 7. The molecule has 0 atom stereocenters. The highest BCUT2D eigenvalue weighted by atomic mass is 32.2. The van der Waals surface area contributed by atoms with E-state index >= 15 is 0 Å². The molecular weight excluding hydrogens is 198 g/mol. The number of nitrogens with zero attached hydrogens (tertiary/aromatic N) is 1. The average Bonchev–Trinajstić information content (AvgIpc) is 2.17. The first-order valence-corrected chi connectivity index (χ1v) is 6.67. The van der Waals surface area contributed by atoms with Crippen molar-refractivity contribution in [3.8, 4) is 0 Å². The summed E-state index contributed by atoms with van der Waals surface area (Å²) in [5, 5.41) is 17.5. The summed E-state index contributed by atoms with van der Waals surface area (Å²) in [4.78, 5) is 2.07. The normalized spacial score (nSPS) is 10.3. The molecule has 0 radical (unpaired) electrons. The van der Waals surface area contributed by atoms with Gasteiger partial charge in [-0.3, -0.25) is 4.90 Å². The monoisotopic (exact) mass is 223 g/mol. The summed E-state index contributed by atoms with van der Waals surface area (Å²) in [6.45, 7) is 8.34. The second-order valence-corrected chi connectivity index (χ2v) is 3.76. The van der Waals surface area contributed by atoms with Crippen LogP contribution in [0.25, 0.3) is 0 Å². The van der Waals surface area contributed by atoms with E-state index < -0.39 is 6.29 Å². The van der Waals surface area contributed by atoms with Gasteiger partial charge < -0.3 is 10.2 Å². The molecule has 0 aliphatic heterocycles. The minimum absolute atomic E-state index is 0.369. The molecule has 0 aromatic heterocycles. The van der Waals surface area contributed by atoms with Gasteiger partial charge in [0.25, 0.3) is 0 Å². The van der Waals surface area contributed by atoms with E-state index in [9.17, 15) is 0 Å². The van der Waals surface area contributed by atoms with Crippen LogP contribution in [-0.2, 0) is 0 Å².